The Hall–Kier alpha value is -2.65. The predicted octanol–water partition coefficient (Wildman–Crippen LogP) is 0.629. The SMILES string of the molecule is Cn1cnc2c1c(=O)n(CC(O)CN1CCN(CCC[S+]([O-])c3ccc(C(F)(F)F)cc3)CC1)c(=O)n2C. The summed E-state index contributed by atoms with van der Waals surface area (Å²) in [5.41, 5.74) is -1.18. The van der Waals surface area contributed by atoms with E-state index in [9.17, 15) is 32.4 Å². The standard InChI is InChI=1S/C24H31F3N6O4S/c1-29-16-28-21-20(29)22(35)33(23(36)30(21)2)15-18(34)14-32-11-9-31(10-12-32)8-3-13-38(37)19-6-4-17(5-7-19)24(25,26)27/h4-7,16,18,34H,3,8-15H2,1-2H3. The van der Waals surface area contributed by atoms with Gasteiger partial charge in [0, 0.05) is 59.8 Å². The molecule has 14 heteroatoms. The Morgan fingerprint density at radius 1 is 1.05 bits per heavy atom. The fraction of sp³-hybridized carbons (Fsp3) is 0.542. The van der Waals surface area contributed by atoms with Gasteiger partial charge in [0.25, 0.3) is 5.56 Å². The highest BCUT2D eigenvalue weighted by molar-refractivity contribution is 7.91. The molecule has 1 aliphatic rings. The summed E-state index contributed by atoms with van der Waals surface area (Å²) in [7, 11) is 3.21. The number of halogens is 3. The minimum atomic E-state index is -4.42. The Morgan fingerprint density at radius 2 is 1.68 bits per heavy atom. The molecule has 10 nitrogen and oxygen atoms in total. The number of imidazole rings is 1. The van der Waals surface area contributed by atoms with E-state index in [4.69, 9.17) is 0 Å². The molecule has 2 aromatic heterocycles. The van der Waals surface area contributed by atoms with Crippen LogP contribution in [0, 0.1) is 0 Å². The van der Waals surface area contributed by atoms with Crippen molar-refractivity contribution in [2.45, 2.75) is 30.1 Å². The minimum Gasteiger partial charge on any atom is -0.611 e. The molecule has 1 fully saturated rings. The van der Waals surface area contributed by atoms with Crippen LogP contribution in [0.1, 0.15) is 12.0 Å². The zero-order valence-corrected chi connectivity index (χ0v) is 22.0. The number of piperazine rings is 1. The van der Waals surface area contributed by atoms with Gasteiger partial charge in [-0.25, -0.2) is 9.78 Å². The van der Waals surface area contributed by atoms with Gasteiger partial charge in [0.2, 0.25) is 0 Å². The van der Waals surface area contributed by atoms with E-state index in [2.05, 4.69) is 14.8 Å². The average molecular weight is 557 g/mol. The summed E-state index contributed by atoms with van der Waals surface area (Å²) < 4.78 is 54.4. The third-order valence-electron chi connectivity index (χ3n) is 6.78. The van der Waals surface area contributed by atoms with Gasteiger partial charge in [-0.15, -0.1) is 0 Å². The predicted molar refractivity (Wildman–Crippen MR) is 136 cm³/mol. The third-order valence-corrected chi connectivity index (χ3v) is 8.23. The van der Waals surface area contributed by atoms with Crippen molar-refractivity contribution in [2.75, 3.05) is 45.0 Å². The molecule has 3 heterocycles. The molecule has 1 aromatic carbocycles. The molecule has 0 amide bonds. The number of aliphatic hydroxyl groups excluding tert-OH is 1. The number of hydrogen-bond donors (Lipinski definition) is 1. The van der Waals surface area contributed by atoms with Crippen molar-refractivity contribution in [2.24, 2.45) is 14.1 Å². The quantitative estimate of drug-likeness (QED) is 0.385. The van der Waals surface area contributed by atoms with Gasteiger partial charge in [-0.3, -0.25) is 18.8 Å². The fourth-order valence-corrected chi connectivity index (χ4v) is 5.72. The molecule has 2 atom stereocenters. The zero-order chi connectivity index (χ0) is 27.6. The second kappa shape index (κ2) is 11.6. The van der Waals surface area contributed by atoms with Crippen molar-refractivity contribution in [3.63, 3.8) is 0 Å². The van der Waals surface area contributed by atoms with E-state index in [-0.39, 0.29) is 6.54 Å². The number of fused-ring (bicyclic) bond motifs is 1. The maximum Gasteiger partial charge on any atom is 0.416 e. The number of aliphatic hydroxyl groups is 1. The third kappa shape index (κ3) is 6.31. The molecule has 1 aliphatic heterocycles. The average Bonchev–Trinajstić information content (AvgIpc) is 3.27. The summed E-state index contributed by atoms with van der Waals surface area (Å²) in [6.07, 6.45) is -3.22. The van der Waals surface area contributed by atoms with Crippen LogP contribution in [0.3, 0.4) is 0 Å². The highest BCUT2D eigenvalue weighted by atomic mass is 32.2. The lowest BCUT2D eigenvalue weighted by atomic mass is 10.2. The van der Waals surface area contributed by atoms with E-state index in [1.165, 1.54) is 30.1 Å². The fourth-order valence-electron chi connectivity index (χ4n) is 4.65. The van der Waals surface area contributed by atoms with E-state index in [1.807, 2.05) is 0 Å². The van der Waals surface area contributed by atoms with Gasteiger partial charge < -0.3 is 19.1 Å². The smallest absolute Gasteiger partial charge is 0.416 e. The number of aryl methyl sites for hydroxylation is 2. The van der Waals surface area contributed by atoms with Gasteiger partial charge >= 0.3 is 11.9 Å². The van der Waals surface area contributed by atoms with Gasteiger partial charge in [-0.2, -0.15) is 13.2 Å². The maximum absolute atomic E-state index is 12.8. The van der Waals surface area contributed by atoms with Crippen LogP contribution in [0.4, 0.5) is 13.2 Å². The number of benzene rings is 1. The number of β-amino-alcohol motifs (C(OH)–C–C–N with tert-alkyl or cyclic N) is 1. The Balaban J connectivity index is 1.22. The van der Waals surface area contributed by atoms with E-state index < -0.39 is 40.3 Å². The first-order chi connectivity index (χ1) is 18.0. The summed E-state index contributed by atoms with van der Waals surface area (Å²) in [4.78, 5) is 34.3. The minimum absolute atomic E-state index is 0.122. The van der Waals surface area contributed by atoms with E-state index in [0.717, 1.165) is 29.8 Å². The van der Waals surface area contributed by atoms with Crippen LogP contribution in [0.15, 0.2) is 45.1 Å². The summed E-state index contributed by atoms with van der Waals surface area (Å²) in [5.74, 6) is 0.356. The first-order valence-electron chi connectivity index (χ1n) is 12.2. The van der Waals surface area contributed by atoms with Gasteiger partial charge in [-0.05, 0) is 35.4 Å². The van der Waals surface area contributed by atoms with Gasteiger partial charge in [-0.1, -0.05) is 0 Å². The van der Waals surface area contributed by atoms with Crippen LogP contribution in [0.2, 0.25) is 0 Å². The molecule has 208 valence electrons. The number of alkyl halides is 3. The Morgan fingerprint density at radius 3 is 2.32 bits per heavy atom. The van der Waals surface area contributed by atoms with Crippen molar-refractivity contribution in [3.8, 4) is 0 Å². The lowest BCUT2D eigenvalue weighted by molar-refractivity contribution is -0.137. The molecule has 1 saturated heterocycles. The second-order valence-corrected chi connectivity index (χ2v) is 11.1. The summed E-state index contributed by atoms with van der Waals surface area (Å²) in [6, 6.07) is 4.43. The molecule has 3 aromatic rings. The number of rotatable bonds is 9. The lowest BCUT2D eigenvalue weighted by Crippen LogP contribution is -2.50. The van der Waals surface area contributed by atoms with Crippen molar-refractivity contribution in [3.05, 3.63) is 57.0 Å². The van der Waals surface area contributed by atoms with E-state index >= 15 is 0 Å². The van der Waals surface area contributed by atoms with Crippen LogP contribution >= 0.6 is 0 Å². The Kier molecular flexibility index (Phi) is 8.67. The molecular weight excluding hydrogens is 525 g/mol. The first kappa shape index (κ1) is 28.4. The van der Waals surface area contributed by atoms with Crippen molar-refractivity contribution < 1.29 is 22.8 Å². The van der Waals surface area contributed by atoms with Crippen LogP contribution in [0.25, 0.3) is 11.2 Å². The maximum atomic E-state index is 12.8. The van der Waals surface area contributed by atoms with Gasteiger partial charge in [0.05, 0.1) is 24.5 Å². The monoisotopic (exact) mass is 556 g/mol. The summed E-state index contributed by atoms with van der Waals surface area (Å²) in [5, 5.41) is 10.6. The topological polar surface area (TPSA) is 112 Å². The normalized spacial score (nSPS) is 17.2. The number of nitrogens with zero attached hydrogens (tertiary/aromatic N) is 6. The molecule has 2 unspecified atom stereocenters. The van der Waals surface area contributed by atoms with Crippen LogP contribution in [-0.2, 0) is 38.0 Å². The highest BCUT2D eigenvalue weighted by Crippen LogP contribution is 2.29. The van der Waals surface area contributed by atoms with Crippen LogP contribution < -0.4 is 11.2 Å². The first-order valence-corrected chi connectivity index (χ1v) is 13.6. The van der Waals surface area contributed by atoms with Crippen LogP contribution in [-0.4, -0.2) is 89.3 Å². The highest BCUT2D eigenvalue weighted by Gasteiger charge is 2.30. The molecule has 1 N–H and O–H groups in total. The zero-order valence-electron chi connectivity index (χ0n) is 21.2. The molecule has 4 rings (SSSR count). The van der Waals surface area contributed by atoms with Gasteiger partial charge in [0.15, 0.2) is 16.1 Å². The van der Waals surface area contributed by atoms with Crippen molar-refractivity contribution >= 4 is 22.3 Å². The molecule has 0 radical (unpaired) electrons. The van der Waals surface area contributed by atoms with E-state index in [0.29, 0.717) is 54.4 Å². The molecule has 0 saturated carbocycles. The molecule has 0 aliphatic carbocycles. The van der Waals surface area contributed by atoms with Crippen molar-refractivity contribution in [1.29, 1.82) is 0 Å². The number of aromatic nitrogens is 4. The second-order valence-electron chi connectivity index (χ2n) is 9.51. The Labute approximate surface area is 220 Å². The summed E-state index contributed by atoms with van der Waals surface area (Å²) in [6.45, 7) is 3.75. The number of hydrogen-bond acceptors (Lipinski definition) is 7. The van der Waals surface area contributed by atoms with Crippen LogP contribution in [0.5, 0.6) is 0 Å². The lowest BCUT2D eigenvalue weighted by Gasteiger charge is -2.35. The molecule has 38 heavy (non-hydrogen) atoms. The van der Waals surface area contributed by atoms with E-state index in [1.54, 1.807) is 11.6 Å². The Bertz CT molecular complexity index is 1360. The largest absolute Gasteiger partial charge is 0.611 e. The molecular formula is C24H31F3N6O4S. The molecule has 0 spiro atoms. The van der Waals surface area contributed by atoms with Crippen molar-refractivity contribution in [1.82, 2.24) is 28.5 Å². The van der Waals surface area contributed by atoms with Gasteiger partial charge in [0.1, 0.15) is 5.75 Å². The molecule has 0 bridgehead atoms. The summed E-state index contributed by atoms with van der Waals surface area (Å²) >= 11 is -1.37.